The molecular formula is C7H11ClN4. The molecule has 0 aromatic carbocycles. The maximum Gasteiger partial charge on any atom is 0.217 e. The van der Waals surface area contributed by atoms with Crippen molar-refractivity contribution in [3.63, 3.8) is 0 Å². The lowest BCUT2D eigenvalue weighted by atomic mass is 10.4. The smallest absolute Gasteiger partial charge is 0.217 e. The first-order chi connectivity index (χ1) is 5.63. The molecule has 0 bridgehead atoms. The largest absolute Gasteiger partial charge is 0.320 e. The molecule has 1 rings (SSSR count). The molecule has 1 aliphatic heterocycles. The quantitative estimate of drug-likeness (QED) is 0.433. The molecule has 0 fully saturated rings. The molecule has 0 spiro atoms. The van der Waals surface area contributed by atoms with E-state index in [0.29, 0.717) is 11.0 Å². The van der Waals surface area contributed by atoms with Gasteiger partial charge in [0.05, 0.1) is 5.03 Å². The minimum absolute atomic E-state index is 0.569. The highest BCUT2D eigenvalue weighted by molar-refractivity contribution is 6.31. The van der Waals surface area contributed by atoms with E-state index in [1.165, 1.54) is 0 Å². The zero-order valence-corrected chi connectivity index (χ0v) is 7.76. The van der Waals surface area contributed by atoms with Crippen LogP contribution < -0.4 is 11.3 Å². The molecule has 0 aliphatic carbocycles. The van der Waals surface area contributed by atoms with Crippen molar-refractivity contribution in [2.24, 2.45) is 10.8 Å². The third kappa shape index (κ3) is 1.99. The van der Waals surface area contributed by atoms with Gasteiger partial charge in [-0.1, -0.05) is 11.6 Å². The summed E-state index contributed by atoms with van der Waals surface area (Å²) in [6.07, 6.45) is 3.50. The summed E-state index contributed by atoms with van der Waals surface area (Å²) in [5, 5.41) is 0.629. The fourth-order valence-electron chi connectivity index (χ4n) is 0.895. The van der Waals surface area contributed by atoms with Crippen LogP contribution in [-0.4, -0.2) is 17.9 Å². The Kier molecular flexibility index (Phi) is 2.73. The molecule has 5 heteroatoms. The van der Waals surface area contributed by atoms with E-state index in [1.54, 1.807) is 17.2 Å². The molecule has 1 aliphatic rings. The maximum atomic E-state index is 5.83. The molecule has 0 aromatic rings. The SMILES string of the molecule is CC1=CC(Cl)=CN(C)C(NN)=N1. The van der Waals surface area contributed by atoms with Gasteiger partial charge in [-0.25, -0.2) is 10.8 Å². The van der Waals surface area contributed by atoms with Gasteiger partial charge in [0.2, 0.25) is 5.96 Å². The van der Waals surface area contributed by atoms with Crippen molar-refractivity contribution < 1.29 is 0 Å². The second-order valence-corrected chi connectivity index (χ2v) is 2.93. The molecule has 0 unspecified atom stereocenters. The van der Waals surface area contributed by atoms with Crippen LogP contribution in [-0.2, 0) is 0 Å². The molecule has 0 saturated heterocycles. The molecule has 12 heavy (non-hydrogen) atoms. The van der Waals surface area contributed by atoms with Crippen LogP contribution in [0.3, 0.4) is 0 Å². The number of nitrogens with one attached hydrogen (secondary N) is 1. The molecule has 3 N–H and O–H groups in total. The van der Waals surface area contributed by atoms with Crippen LogP contribution in [0, 0.1) is 0 Å². The number of allylic oxidation sites excluding steroid dienone is 3. The first kappa shape index (κ1) is 9.09. The van der Waals surface area contributed by atoms with Crippen molar-refractivity contribution in [3.05, 3.63) is 23.0 Å². The third-order valence-electron chi connectivity index (χ3n) is 1.41. The van der Waals surface area contributed by atoms with E-state index in [9.17, 15) is 0 Å². The molecule has 0 saturated carbocycles. The van der Waals surface area contributed by atoms with E-state index in [0.717, 1.165) is 5.70 Å². The first-order valence-electron chi connectivity index (χ1n) is 3.47. The summed E-state index contributed by atoms with van der Waals surface area (Å²) in [7, 11) is 1.81. The summed E-state index contributed by atoms with van der Waals surface area (Å²) < 4.78 is 0. The lowest BCUT2D eigenvalue weighted by molar-refractivity contribution is 0.646. The van der Waals surface area contributed by atoms with Crippen molar-refractivity contribution in [1.82, 2.24) is 10.3 Å². The minimum atomic E-state index is 0.569. The summed E-state index contributed by atoms with van der Waals surface area (Å²) >= 11 is 5.83. The van der Waals surface area contributed by atoms with Crippen molar-refractivity contribution in [2.45, 2.75) is 6.92 Å². The molecule has 0 radical (unpaired) electrons. The molecule has 0 amide bonds. The number of aliphatic imine (C=N–C) groups is 1. The van der Waals surface area contributed by atoms with Gasteiger partial charge in [-0.3, -0.25) is 5.43 Å². The van der Waals surface area contributed by atoms with Gasteiger partial charge in [0.25, 0.3) is 0 Å². The summed E-state index contributed by atoms with van der Waals surface area (Å²) in [5.74, 6) is 5.82. The number of guanidine groups is 1. The third-order valence-corrected chi connectivity index (χ3v) is 1.62. The first-order valence-corrected chi connectivity index (χ1v) is 3.85. The Balaban J connectivity index is 2.99. The van der Waals surface area contributed by atoms with Gasteiger partial charge in [0.15, 0.2) is 0 Å². The van der Waals surface area contributed by atoms with E-state index in [2.05, 4.69) is 10.4 Å². The summed E-state index contributed by atoms with van der Waals surface area (Å²) in [5.41, 5.74) is 3.29. The van der Waals surface area contributed by atoms with Crippen molar-refractivity contribution in [3.8, 4) is 0 Å². The van der Waals surface area contributed by atoms with Gasteiger partial charge in [-0.2, -0.15) is 0 Å². The maximum absolute atomic E-state index is 5.83. The highest BCUT2D eigenvalue weighted by Crippen LogP contribution is 2.12. The molecule has 0 aromatic heterocycles. The second kappa shape index (κ2) is 3.60. The standard InChI is InChI=1S/C7H11ClN4/c1-5-3-6(8)4-12(2)7(10-5)11-9/h3-4H,9H2,1-2H3,(H,10,11). The summed E-state index contributed by atoms with van der Waals surface area (Å²) in [6, 6.07) is 0. The van der Waals surface area contributed by atoms with Gasteiger partial charge in [0, 0.05) is 18.9 Å². The van der Waals surface area contributed by atoms with Crippen LogP contribution in [0.25, 0.3) is 0 Å². The fourth-order valence-corrected chi connectivity index (χ4v) is 1.20. The van der Waals surface area contributed by atoms with Gasteiger partial charge in [-0.05, 0) is 13.0 Å². The number of hydrazine groups is 1. The normalized spacial score (nSPS) is 17.7. The zero-order chi connectivity index (χ0) is 9.14. The fraction of sp³-hybridized carbons (Fsp3) is 0.286. The number of hydrogen-bond donors (Lipinski definition) is 2. The predicted octanol–water partition coefficient (Wildman–Crippen LogP) is 0.735. The Morgan fingerprint density at radius 3 is 2.92 bits per heavy atom. The summed E-state index contributed by atoms with van der Waals surface area (Å²) in [6.45, 7) is 1.85. The van der Waals surface area contributed by atoms with E-state index in [4.69, 9.17) is 17.4 Å². The average Bonchev–Trinajstić information content (AvgIpc) is 2.09. The Bertz CT molecular complexity index is 267. The van der Waals surface area contributed by atoms with Crippen LogP contribution in [0.2, 0.25) is 0 Å². The molecule has 66 valence electrons. The van der Waals surface area contributed by atoms with Crippen molar-refractivity contribution >= 4 is 17.6 Å². The number of hydrogen-bond acceptors (Lipinski definition) is 4. The van der Waals surface area contributed by atoms with E-state index < -0.39 is 0 Å². The number of nitrogens with two attached hydrogens (primary N) is 1. The van der Waals surface area contributed by atoms with E-state index >= 15 is 0 Å². The Morgan fingerprint density at radius 1 is 1.67 bits per heavy atom. The average molecular weight is 187 g/mol. The number of halogens is 1. The highest BCUT2D eigenvalue weighted by atomic mass is 35.5. The van der Waals surface area contributed by atoms with Gasteiger partial charge >= 0.3 is 0 Å². The second-order valence-electron chi connectivity index (χ2n) is 2.49. The number of nitrogens with zero attached hydrogens (tertiary/aromatic N) is 2. The number of rotatable bonds is 0. The van der Waals surface area contributed by atoms with E-state index in [1.807, 2.05) is 14.0 Å². The molecule has 0 atom stereocenters. The monoisotopic (exact) mass is 186 g/mol. The van der Waals surface area contributed by atoms with Crippen LogP contribution in [0.15, 0.2) is 28.0 Å². The predicted molar refractivity (Wildman–Crippen MR) is 50.2 cm³/mol. The van der Waals surface area contributed by atoms with Crippen LogP contribution in [0.4, 0.5) is 0 Å². The lowest BCUT2D eigenvalue weighted by Crippen LogP contribution is -2.39. The Labute approximate surface area is 76.4 Å². The van der Waals surface area contributed by atoms with Gasteiger partial charge in [0.1, 0.15) is 0 Å². The minimum Gasteiger partial charge on any atom is -0.320 e. The topological polar surface area (TPSA) is 53.6 Å². The van der Waals surface area contributed by atoms with Crippen LogP contribution in [0.5, 0.6) is 0 Å². The molecular weight excluding hydrogens is 176 g/mol. The Morgan fingerprint density at radius 2 is 2.33 bits per heavy atom. The molecule has 4 nitrogen and oxygen atoms in total. The lowest BCUT2D eigenvalue weighted by Gasteiger charge is -2.14. The van der Waals surface area contributed by atoms with Gasteiger partial charge < -0.3 is 4.90 Å². The molecule has 1 heterocycles. The summed E-state index contributed by atoms with van der Waals surface area (Å²) in [4.78, 5) is 5.87. The zero-order valence-electron chi connectivity index (χ0n) is 7.00. The van der Waals surface area contributed by atoms with Crippen molar-refractivity contribution in [2.75, 3.05) is 7.05 Å². The van der Waals surface area contributed by atoms with Crippen LogP contribution in [0.1, 0.15) is 6.92 Å². The Hall–Kier alpha value is -1.00. The van der Waals surface area contributed by atoms with Crippen LogP contribution >= 0.6 is 11.6 Å². The van der Waals surface area contributed by atoms with Gasteiger partial charge in [-0.15, -0.1) is 0 Å². The highest BCUT2D eigenvalue weighted by Gasteiger charge is 2.06. The van der Waals surface area contributed by atoms with E-state index in [-0.39, 0.29) is 0 Å². The van der Waals surface area contributed by atoms with Crippen molar-refractivity contribution in [1.29, 1.82) is 0 Å².